The first kappa shape index (κ1) is 14.7. The van der Waals surface area contributed by atoms with E-state index in [0.29, 0.717) is 18.1 Å². The summed E-state index contributed by atoms with van der Waals surface area (Å²) in [5.74, 6) is 0.347. The first-order valence-corrected chi connectivity index (χ1v) is 6.54. The van der Waals surface area contributed by atoms with Crippen molar-refractivity contribution in [1.82, 2.24) is 5.32 Å². The van der Waals surface area contributed by atoms with Crippen molar-refractivity contribution in [2.45, 2.75) is 26.7 Å². The predicted molar refractivity (Wildman–Crippen MR) is 73.8 cm³/mol. The van der Waals surface area contributed by atoms with E-state index in [0.717, 1.165) is 24.9 Å². The molecule has 0 atom stereocenters. The molecule has 100 valence electrons. The van der Waals surface area contributed by atoms with Crippen LogP contribution in [-0.4, -0.2) is 26.2 Å². The number of ether oxygens (including phenoxy) is 1. The molecule has 0 aliphatic carbocycles. The molecule has 0 radical (unpaired) electrons. The monoisotopic (exact) mass is 249 g/mol. The maximum absolute atomic E-state index is 12.0. The average Bonchev–Trinajstić information content (AvgIpc) is 2.36. The van der Waals surface area contributed by atoms with Crippen molar-refractivity contribution in [1.29, 1.82) is 0 Å². The fourth-order valence-electron chi connectivity index (χ4n) is 1.66. The van der Waals surface area contributed by atoms with E-state index in [4.69, 9.17) is 4.74 Å². The summed E-state index contributed by atoms with van der Waals surface area (Å²) in [6.07, 6.45) is 1.75. The molecule has 1 N–H and O–H groups in total. The molecule has 1 aromatic rings. The maximum Gasteiger partial charge on any atom is 0.338 e. The molecule has 18 heavy (non-hydrogen) atoms. The Kier molecular flexibility index (Phi) is 6.44. The highest BCUT2D eigenvalue weighted by Crippen LogP contribution is 2.11. The van der Waals surface area contributed by atoms with Gasteiger partial charge in [0.15, 0.2) is 0 Å². The zero-order valence-corrected chi connectivity index (χ0v) is 11.5. The summed E-state index contributed by atoms with van der Waals surface area (Å²) in [5.41, 5.74) is 1.73. The summed E-state index contributed by atoms with van der Waals surface area (Å²) in [4.78, 5) is 12.0. The van der Waals surface area contributed by atoms with Gasteiger partial charge in [0.1, 0.15) is 0 Å². The molecule has 0 heterocycles. The second-order valence-corrected chi connectivity index (χ2v) is 4.83. The van der Waals surface area contributed by atoms with E-state index in [1.54, 1.807) is 0 Å². The normalized spacial score (nSPS) is 10.7. The Hall–Kier alpha value is -1.35. The van der Waals surface area contributed by atoms with Crippen molar-refractivity contribution in [3.8, 4) is 0 Å². The van der Waals surface area contributed by atoms with Gasteiger partial charge in [-0.1, -0.05) is 32.0 Å². The molecule has 0 aliphatic rings. The molecule has 3 nitrogen and oxygen atoms in total. The van der Waals surface area contributed by atoms with Crippen molar-refractivity contribution in [2.75, 3.05) is 20.2 Å². The third kappa shape index (κ3) is 4.88. The average molecular weight is 249 g/mol. The molecule has 0 saturated heterocycles. The molecule has 3 heteroatoms. The molecule has 1 rings (SSSR count). The maximum atomic E-state index is 12.0. The van der Waals surface area contributed by atoms with Gasteiger partial charge in [-0.15, -0.1) is 0 Å². The first-order chi connectivity index (χ1) is 8.65. The number of esters is 1. The van der Waals surface area contributed by atoms with Gasteiger partial charge < -0.3 is 10.1 Å². The zero-order chi connectivity index (χ0) is 13.4. The molecular weight excluding hydrogens is 226 g/mol. The smallest absolute Gasteiger partial charge is 0.338 e. The van der Waals surface area contributed by atoms with Gasteiger partial charge in [0.2, 0.25) is 0 Å². The van der Waals surface area contributed by atoms with Gasteiger partial charge >= 0.3 is 5.97 Å². The van der Waals surface area contributed by atoms with Gasteiger partial charge in [0.25, 0.3) is 0 Å². The van der Waals surface area contributed by atoms with Crippen LogP contribution in [0.2, 0.25) is 0 Å². The highest BCUT2D eigenvalue weighted by molar-refractivity contribution is 5.91. The Labute approximate surface area is 110 Å². The summed E-state index contributed by atoms with van der Waals surface area (Å²) in [6.45, 7) is 5.59. The van der Waals surface area contributed by atoms with Gasteiger partial charge in [-0.3, -0.25) is 0 Å². The number of hydrogen-bond donors (Lipinski definition) is 1. The molecule has 0 unspecified atom stereocenters. The predicted octanol–water partition coefficient (Wildman–Crippen LogP) is 2.65. The first-order valence-electron chi connectivity index (χ1n) is 6.54. The van der Waals surface area contributed by atoms with Crippen LogP contribution < -0.4 is 5.32 Å². The van der Waals surface area contributed by atoms with Crippen molar-refractivity contribution in [2.24, 2.45) is 5.92 Å². The number of carbonyl (C=O) groups excluding carboxylic acids is 1. The minimum atomic E-state index is -0.206. The fourth-order valence-corrected chi connectivity index (χ4v) is 1.66. The molecule has 0 spiro atoms. The topological polar surface area (TPSA) is 38.3 Å². The van der Waals surface area contributed by atoms with Crippen molar-refractivity contribution in [3.63, 3.8) is 0 Å². The van der Waals surface area contributed by atoms with Gasteiger partial charge in [-0.05, 0) is 44.0 Å². The zero-order valence-electron chi connectivity index (χ0n) is 11.5. The lowest BCUT2D eigenvalue weighted by atomic mass is 10.0. The SMILES string of the molecule is CNCCc1ccccc1C(=O)OCCC(C)C. The molecule has 0 amide bonds. The second-order valence-electron chi connectivity index (χ2n) is 4.83. The molecule has 0 fully saturated rings. The Bertz CT molecular complexity index is 375. The summed E-state index contributed by atoms with van der Waals surface area (Å²) in [5, 5.41) is 3.09. The van der Waals surface area contributed by atoms with Crippen molar-refractivity contribution < 1.29 is 9.53 Å². The second kappa shape index (κ2) is 7.88. The lowest BCUT2D eigenvalue weighted by Gasteiger charge is -2.10. The standard InChI is InChI=1S/C15H23NO2/c1-12(2)9-11-18-15(17)14-7-5-4-6-13(14)8-10-16-3/h4-7,12,16H,8-11H2,1-3H3. The van der Waals surface area contributed by atoms with Crippen LogP contribution in [-0.2, 0) is 11.2 Å². The van der Waals surface area contributed by atoms with Crippen LogP contribution in [0.15, 0.2) is 24.3 Å². The Morgan fingerprint density at radius 2 is 2.06 bits per heavy atom. The highest BCUT2D eigenvalue weighted by Gasteiger charge is 2.11. The fraction of sp³-hybridized carbons (Fsp3) is 0.533. The molecule has 0 aliphatic heterocycles. The van der Waals surface area contributed by atoms with E-state index in [1.165, 1.54) is 0 Å². The lowest BCUT2D eigenvalue weighted by Crippen LogP contribution is -2.15. The molecule has 1 aromatic carbocycles. The Balaban J connectivity index is 2.60. The molecule has 0 aromatic heterocycles. The highest BCUT2D eigenvalue weighted by atomic mass is 16.5. The van der Waals surface area contributed by atoms with E-state index in [1.807, 2.05) is 31.3 Å². The van der Waals surface area contributed by atoms with Gasteiger partial charge in [-0.25, -0.2) is 4.79 Å². The van der Waals surface area contributed by atoms with Crippen LogP contribution in [0.25, 0.3) is 0 Å². The summed E-state index contributed by atoms with van der Waals surface area (Å²) < 4.78 is 5.30. The van der Waals surface area contributed by atoms with Crippen molar-refractivity contribution >= 4 is 5.97 Å². The number of rotatable bonds is 7. The molecule has 0 saturated carbocycles. The summed E-state index contributed by atoms with van der Waals surface area (Å²) in [6, 6.07) is 7.65. The number of carbonyl (C=O) groups is 1. The minimum Gasteiger partial charge on any atom is -0.462 e. The van der Waals surface area contributed by atoms with E-state index in [2.05, 4.69) is 19.2 Å². The van der Waals surface area contributed by atoms with Crippen LogP contribution in [0, 0.1) is 5.92 Å². The third-order valence-electron chi connectivity index (χ3n) is 2.81. The van der Waals surface area contributed by atoms with E-state index in [9.17, 15) is 4.79 Å². The van der Waals surface area contributed by atoms with Gasteiger partial charge in [0.05, 0.1) is 12.2 Å². The summed E-state index contributed by atoms with van der Waals surface area (Å²) in [7, 11) is 1.91. The largest absolute Gasteiger partial charge is 0.462 e. The van der Waals surface area contributed by atoms with Crippen LogP contribution in [0.3, 0.4) is 0 Å². The van der Waals surface area contributed by atoms with Crippen LogP contribution in [0.4, 0.5) is 0 Å². The summed E-state index contributed by atoms with van der Waals surface area (Å²) >= 11 is 0. The lowest BCUT2D eigenvalue weighted by molar-refractivity contribution is 0.0487. The Morgan fingerprint density at radius 1 is 1.33 bits per heavy atom. The van der Waals surface area contributed by atoms with Gasteiger partial charge in [0, 0.05) is 0 Å². The van der Waals surface area contributed by atoms with E-state index < -0.39 is 0 Å². The number of benzene rings is 1. The van der Waals surface area contributed by atoms with Crippen LogP contribution in [0.5, 0.6) is 0 Å². The van der Waals surface area contributed by atoms with Gasteiger partial charge in [-0.2, -0.15) is 0 Å². The quantitative estimate of drug-likeness (QED) is 0.755. The molecule has 0 bridgehead atoms. The van der Waals surface area contributed by atoms with Crippen LogP contribution >= 0.6 is 0 Å². The van der Waals surface area contributed by atoms with Crippen LogP contribution in [0.1, 0.15) is 36.2 Å². The number of hydrogen-bond acceptors (Lipinski definition) is 3. The van der Waals surface area contributed by atoms with E-state index in [-0.39, 0.29) is 5.97 Å². The third-order valence-corrected chi connectivity index (χ3v) is 2.81. The van der Waals surface area contributed by atoms with E-state index >= 15 is 0 Å². The minimum absolute atomic E-state index is 0.206. The number of nitrogens with one attached hydrogen (secondary N) is 1. The van der Waals surface area contributed by atoms with Crippen molar-refractivity contribution in [3.05, 3.63) is 35.4 Å². The molecular formula is C15H23NO2. The Morgan fingerprint density at radius 3 is 2.72 bits per heavy atom. The number of likely N-dealkylation sites (N-methyl/N-ethyl adjacent to an activating group) is 1.